The van der Waals surface area contributed by atoms with Crippen LogP contribution in [0.25, 0.3) is 0 Å². The molecule has 0 radical (unpaired) electrons. The van der Waals surface area contributed by atoms with E-state index in [4.69, 9.17) is 4.74 Å². The molecule has 9 heteroatoms. The van der Waals surface area contributed by atoms with E-state index >= 15 is 0 Å². The van der Waals surface area contributed by atoms with E-state index in [0.717, 1.165) is 24.8 Å². The fourth-order valence-electron chi connectivity index (χ4n) is 3.81. The molecule has 1 N–H and O–H groups in total. The molecule has 2 aliphatic rings. The van der Waals surface area contributed by atoms with Crippen molar-refractivity contribution in [2.24, 2.45) is 0 Å². The van der Waals surface area contributed by atoms with Crippen molar-refractivity contribution in [2.45, 2.75) is 31.1 Å². The van der Waals surface area contributed by atoms with E-state index in [0.29, 0.717) is 30.2 Å². The van der Waals surface area contributed by atoms with E-state index in [1.165, 1.54) is 15.3 Å². The number of carbonyl (C=O) groups is 2. The van der Waals surface area contributed by atoms with Crippen molar-refractivity contribution in [3.63, 3.8) is 0 Å². The average Bonchev–Trinajstić information content (AvgIpc) is 2.78. The Morgan fingerprint density at radius 3 is 2.61 bits per heavy atom. The van der Waals surface area contributed by atoms with Crippen LogP contribution in [0.3, 0.4) is 0 Å². The number of ether oxygens (including phenoxy) is 1. The normalized spacial score (nSPS) is 17.1. The summed E-state index contributed by atoms with van der Waals surface area (Å²) in [5.74, 6) is -0.187. The SMILES string of the molecule is Cc1ccc(S(=O)(=O)N2CCCCC2)cc1NC(=O)CN1C(=O)COc2ccccc21. The number of anilines is 2. The molecule has 2 aromatic rings. The minimum absolute atomic E-state index is 0.132. The third-order valence-electron chi connectivity index (χ3n) is 5.55. The van der Waals surface area contributed by atoms with Gasteiger partial charge in [0.2, 0.25) is 15.9 Å². The Labute approximate surface area is 181 Å². The molecule has 0 bridgehead atoms. The first-order valence-electron chi connectivity index (χ1n) is 10.3. The number of aryl methyl sites for hydroxylation is 1. The van der Waals surface area contributed by atoms with Gasteiger partial charge in [0.1, 0.15) is 12.3 Å². The van der Waals surface area contributed by atoms with Crippen molar-refractivity contribution in [2.75, 3.05) is 36.5 Å². The van der Waals surface area contributed by atoms with Crippen LogP contribution < -0.4 is 15.0 Å². The van der Waals surface area contributed by atoms with Crippen LogP contribution in [0.5, 0.6) is 5.75 Å². The third-order valence-corrected chi connectivity index (χ3v) is 7.44. The van der Waals surface area contributed by atoms with Crippen LogP contribution in [0.4, 0.5) is 11.4 Å². The molecule has 0 saturated carbocycles. The summed E-state index contributed by atoms with van der Waals surface area (Å²) in [6.45, 7) is 2.49. The molecule has 0 spiro atoms. The van der Waals surface area contributed by atoms with Crippen LogP contribution in [0, 0.1) is 6.92 Å². The minimum Gasteiger partial charge on any atom is -0.482 e. The third kappa shape index (κ3) is 4.42. The lowest BCUT2D eigenvalue weighted by Crippen LogP contribution is -2.43. The smallest absolute Gasteiger partial charge is 0.265 e. The lowest BCUT2D eigenvalue weighted by Gasteiger charge is -2.29. The quantitative estimate of drug-likeness (QED) is 0.766. The highest BCUT2D eigenvalue weighted by Gasteiger charge is 2.28. The van der Waals surface area contributed by atoms with Gasteiger partial charge in [-0.15, -0.1) is 0 Å². The van der Waals surface area contributed by atoms with Gasteiger partial charge in [-0.3, -0.25) is 14.5 Å². The zero-order valence-corrected chi connectivity index (χ0v) is 18.2. The highest BCUT2D eigenvalue weighted by Crippen LogP contribution is 2.31. The lowest BCUT2D eigenvalue weighted by molar-refractivity contribution is -0.123. The Kier molecular flexibility index (Phi) is 5.97. The number of nitrogens with one attached hydrogen (secondary N) is 1. The Morgan fingerprint density at radius 1 is 1.10 bits per heavy atom. The van der Waals surface area contributed by atoms with Gasteiger partial charge >= 0.3 is 0 Å². The topological polar surface area (TPSA) is 96.0 Å². The second-order valence-electron chi connectivity index (χ2n) is 7.73. The molecule has 0 atom stereocenters. The summed E-state index contributed by atoms with van der Waals surface area (Å²) in [6.07, 6.45) is 2.73. The summed E-state index contributed by atoms with van der Waals surface area (Å²) in [4.78, 5) is 26.6. The molecule has 2 aliphatic heterocycles. The average molecular weight is 444 g/mol. The molecule has 0 aliphatic carbocycles. The van der Waals surface area contributed by atoms with Crippen LogP contribution in [0.15, 0.2) is 47.4 Å². The Balaban J connectivity index is 1.52. The van der Waals surface area contributed by atoms with Crippen LogP contribution in [-0.2, 0) is 19.6 Å². The largest absolute Gasteiger partial charge is 0.482 e. The number of fused-ring (bicyclic) bond motifs is 1. The standard InChI is InChI=1S/C22H25N3O5S/c1-16-9-10-17(31(28,29)24-11-5-2-6-12-24)13-18(16)23-21(26)14-25-19-7-3-4-8-20(19)30-15-22(25)27/h3-4,7-10,13H,2,5-6,11-12,14-15H2,1H3,(H,23,26). The number of hydrogen-bond acceptors (Lipinski definition) is 5. The summed E-state index contributed by atoms with van der Waals surface area (Å²) < 4.78 is 32.9. The molecular weight excluding hydrogens is 418 g/mol. The molecule has 1 saturated heterocycles. The molecule has 2 amide bonds. The molecule has 164 valence electrons. The molecular formula is C22H25N3O5S. The summed E-state index contributed by atoms with van der Waals surface area (Å²) in [6, 6.07) is 11.8. The van der Waals surface area contributed by atoms with E-state index in [1.54, 1.807) is 43.3 Å². The fourth-order valence-corrected chi connectivity index (χ4v) is 5.36. The lowest BCUT2D eigenvalue weighted by atomic mass is 10.2. The second kappa shape index (κ2) is 8.68. The van der Waals surface area contributed by atoms with E-state index in [9.17, 15) is 18.0 Å². The number of benzene rings is 2. The number of rotatable bonds is 5. The summed E-state index contributed by atoms with van der Waals surface area (Å²) in [5.41, 5.74) is 1.68. The molecule has 0 aromatic heterocycles. The number of nitrogens with zero attached hydrogens (tertiary/aromatic N) is 2. The van der Waals surface area contributed by atoms with Crippen molar-refractivity contribution >= 4 is 33.2 Å². The maximum absolute atomic E-state index is 13.0. The van der Waals surface area contributed by atoms with Crippen molar-refractivity contribution < 1.29 is 22.7 Å². The molecule has 2 heterocycles. The summed E-state index contributed by atoms with van der Waals surface area (Å²) >= 11 is 0. The summed E-state index contributed by atoms with van der Waals surface area (Å²) in [7, 11) is -3.61. The molecule has 0 unspecified atom stereocenters. The van der Waals surface area contributed by atoms with Crippen molar-refractivity contribution in [1.82, 2.24) is 4.31 Å². The Hall–Kier alpha value is -2.91. The number of hydrogen-bond donors (Lipinski definition) is 1. The first-order valence-corrected chi connectivity index (χ1v) is 11.7. The molecule has 4 rings (SSSR count). The van der Waals surface area contributed by atoms with Crippen LogP contribution >= 0.6 is 0 Å². The number of para-hydroxylation sites is 2. The van der Waals surface area contributed by atoms with E-state index in [2.05, 4.69) is 5.32 Å². The minimum atomic E-state index is -3.61. The number of sulfonamides is 1. The van der Waals surface area contributed by atoms with Crippen molar-refractivity contribution in [3.05, 3.63) is 48.0 Å². The molecule has 31 heavy (non-hydrogen) atoms. The van der Waals surface area contributed by atoms with Gasteiger partial charge in [-0.05, 0) is 49.6 Å². The molecule has 1 fully saturated rings. The van der Waals surface area contributed by atoms with Crippen LogP contribution in [-0.4, -0.2) is 50.8 Å². The monoisotopic (exact) mass is 443 g/mol. The van der Waals surface area contributed by atoms with Gasteiger partial charge in [-0.2, -0.15) is 4.31 Å². The Bertz CT molecular complexity index is 1110. The van der Waals surface area contributed by atoms with Gasteiger partial charge in [0.25, 0.3) is 5.91 Å². The number of piperidine rings is 1. The predicted octanol–water partition coefficient (Wildman–Crippen LogP) is 2.53. The van der Waals surface area contributed by atoms with Crippen LogP contribution in [0.1, 0.15) is 24.8 Å². The Morgan fingerprint density at radius 2 is 1.84 bits per heavy atom. The predicted molar refractivity (Wildman–Crippen MR) is 117 cm³/mol. The van der Waals surface area contributed by atoms with Crippen molar-refractivity contribution in [1.29, 1.82) is 0 Å². The highest BCUT2D eigenvalue weighted by atomic mass is 32.2. The zero-order valence-electron chi connectivity index (χ0n) is 17.3. The maximum Gasteiger partial charge on any atom is 0.265 e. The number of carbonyl (C=O) groups excluding carboxylic acids is 2. The van der Waals surface area contributed by atoms with Gasteiger partial charge in [-0.25, -0.2) is 8.42 Å². The zero-order chi connectivity index (χ0) is 22.0. The number of amides is 2. The van der Waals surface area contributed by atoms with Crippen LogP contribution in [0.2, 0.25) is 0 Å². The molecule has 2 aromatic carbocycles. The van der Waals surface area contributed by atoms with Gasteiger partial charge in [0.05, 0.1) is 10.6 Å². The van der Waals surface area contributed by atoms with Gasteiger partial charge < -0.3 is 10.1 Å². The van der Waals surface area contributed by atoms with Gasteiger partial charge in [-0.1, -0.05) is 24.6 Å². The first kappa shape index (κ1) is 21.3. The van der Waals surface area contributed by atoms with Crippen molar-refractivity contribution in [3.8, 4) is 5.75 Å². The van der Waals surface area contributed by atoms with E-state index < -0.39 is 15.9 Å². The van der Waals surface area contributed by atoms with E-state index in [1.807, 2.05) is 0 Å². The fraction of sp³-hybridized carbons (Fsp3) is 0.364. The maximum atomic E-state index is 13.0. The summed E-state index contributed by atoms with van der Waals surface area (Å²) in [5, 5.41) is 2.77. The molecule has 8 nitrogen and oxygen atoms in total. The van der Waals surface area contributed by atoms with Gasteiger partial charge in [0.15, 0.2) is 6.61 Å². The second-order valence-corrected chi connectivity index (χ2v) is 9.66. The first-order chi connectivity index (χ1) is 14.9. The van der Waals surface area contributed by atoms with Gasteiger partial charge in [0, 0.05) is 18.8 Å². The highest BCUT2D eigenvalue weighted by molar-refractivity contribution is 7.89. The van der Waals surface area contributed by atoms with E-state index in [-0.39, 0.29) is 24.0 Å².